The van der Waals surface area contributed by atoms with E-state index in [1.54, 1.807) is 24.3 Å². The lowest BCUT2D eigenvalue weighted by Crippen LogP contribution is -2.25. The van der Waals surface area contributed by atoms with Crippen LogP contribution in [0.15, 0.2) is 36.4 Å². The van der Waals surface area contributed by atoms with Gasteiger partial charge in [0.15, 0.2) is 5.78 Å². The van der Waals surface area contributed by atoms with Gasteiger partial charge in [0.25, 0.3) is 0 Å². The predicted octanol–water partition coefficient (Wildman–Crippen LogP) is 6.57. The molecule has 0 heterocycles. The first-order valence-corrected chi connectivity index (χ1v) is 10.4. The van der Waals surface area contributed by atoms with Gasteiger partial charge in [0.2, 0.25) is 0 Å². The highest BCUT2D eigenvalue weighted by atomic mass is 35.5. The first-order chi connectivity index (χ1) is 13.9. The Kier molecular flexibility index (Phi) is 5.18. The summed E-state index contributed by atoms with van der Waals surface area (Å²) in [6.07, 6.45) is 5.80. The zero-order chi connectivity index (χ0) is 20.8. The van der Waals surface area contributed by atoms with E-state index in [4.69, 9.17) is 27.9 Å². The second kappa shape index (κ2) is 7.51. The highest BCUT2D eigenvalue weighted by molar-refractivity contribution is 6.44. The molecule has 0 fully saturated rings. The van der Waals surface area contributed by atoms with E-state index in [1.807, 2.05) is 6.07 Å². The number of para-hydroxylation sites is 1. The second-order valence-corrected chi connectivity index (χ2v) is 8.43. The minimum atomic E-state index is -1.08. The van der Waals surface area contributed by atoms with Crippen LogP contribution < -0.4 is 4.74 Å². The van der Waals surface area contributed by atoms with Crippen molar-refractivity contribution in [2.24, 2.45) is 5.41 Å². The molecule has 0 spiro atoms. The number of ketones is 1. The van der Waals surface area contributed by atoms with Gasteiger partial charge in [-0.15, -0.1) is 0 Å². The van der Waals surface area contributed by atoms with Gasteiger partial charge in [0, 0.05) is 17.4 Å². The summed E-state index contributed by atoms with van der Waals surface area (Å²) >= 11 is 13.2. The molecule has 0 aromatic heterocycles. The number of halogens is 2. The Bertz CT molecular complexity index is 1060. The van der Waals surface area contributed by atoms with Gasteiger partial charge in [0.1, 0.15) is 22.1 Å². The maximum atomic E-state index is 12.1. The molecule has 6 heteroatoms. The van der Waals surface area contributed by atoms with Crippen molar-refractivity contribution in [2.75, 3.05) is 0 Å². The Morgan fingerprint density at radius 3 is 2.69 bits per heavy atom. The maximum absolute atomic E-state index is 12.1. The number of hydrogen-bond donors (Lipinski definition) is 1. The summed E-state index contributed by atoms with van der Waals surface area (Å²) in [5, 5.41) is 9.97. The molecule has 2 aliphatic rings. The van der Waals surface area contributed by atoms with Crippen LogP contribution in [0.2, 0.25) is 10.0 Å². The number of fused-ring (bicyclic) bond motifs is 3. The lowest BCUT2D eigenvalue weighted by atomic mass is 9.70. The quantitative estimate of drug-likeness (QED) is 0.581. The Balaban J connectivity index is 1.81. The molecule has 0 bridgehead atoms. The molecule has 0 radical (unpaired) electrons. The van der Waals surface area contributed by atoms with E-state index in [0.29, 0.717) is 17.2 Å². The van der Waals surface area contributed by atoms with Crippen LogP contribution in [0.5, 0.6) is 11.5 Å². The van der Waals surface area contributed by atoms with Crippen LogP contribution in [0.4, 0.5) is 0 Å². The van der Waals surface area contributed by atoms with Crippen LogP contribution in [0, 0.1) is 5.41 Å². The van der Waals surface area contributed by atoms with E-state index in [1.165, 1.54) is 6.07 Å². The molecule has 1 atom stereocenters. The van der Waals surface area contributed by atoms with Crippen molar-refractivity contribution in [1.29, 1.82) is 0 Å². The fourth-order valence-electron chi connectivity index (χ4n) is 4.60. The fourth-order valence-corrected chi connectivity index (χ4v) is 5.11. The largest absolute Gasteiger partial charge is 0.478 e. The molecule has 2 aromatic carbocycles. The van der Waals surface area contributed by atoms with Gasteiger partial charge in [-0.3, -0.25) is 4.79 Å². The van der Waals surface area contributed by atoms with Crippen LogP contribution in [0.25, 0.3) is 5.57 Å². The maximum Gasteiger partial charge on any atom is 0.339 e. The van der Waals surface area contributed by atoms with E-state index in [0.717, 1.165) is 42.4 Å². The van der Waals surface area contributed by atoms with E-state index in [9.17, 15) is 14.7 Å². The molecule has 0 amide bonds. The molecule has 4 rings (SSSR count). The summed E-state index contributed by atoms with van der Waals surface area (Å²) in [4.78, 5) is 23.6. The van der Waals surface area contributed by atoms with Gasteiger partial charge in [-0.25, -0.2) is 4.79 Å². The third-order valence-corrected chi connectivity index (χ3v) is 6.70. The van der Waals surface area contributed by atoms with E-state index < -0.39 is 5.97 Å². The number of carboxylic acids is 1. The Morgan fingerprint density at radius 1 is 1.21 bits per heavy atom. The number of rotatable bonds is 5. The number of hydrogen-bond acceptors (Lipinski definition) is 3. The molecule has 29 heavy (non-hydrogen) atoms. The molecule has 0 saturated heterocycles. The average molecular weight is 431 g/mol. The standard InChI is InChI=1S/C23H20Cl2O4/c1-2-8-23-9-7-14(26)11-16(23)19-13(12-23)10-18(20(24)21(19)25)29-17-6-4-3-5-15(17)22(27)28/h3-6,10-11H,2,7-9,12H2,1H3,(H,27,28). The van der Waals surface area contributed by atoms with Crippen molar-refractivity contribution in [3.8, 4) is 11.5 Å². The lowest BCUT2D eigenvalue weighted by molar-refractivity contribution is -0.115. The van der Waals surface area contributed by atoms with Crippen molar-refractivity contribution in [3.63, 3.8) is 0 Å². The lowest BCUT2D eigenvalue weighted by Gasteiger charge is -2.33. The van der Waals surface area contributed by atoms with E-state index in [-0.39, 0.29) is 27.5 Å². The number of carbonyl (C=O) groups is 2. The van der Waals surface area contributed by atoms with Gasteiger partial charge in [-0.05, 0) is 54.7 Å². The smallest absolute Gasteiger partial charge is 0.339 e. The van der Waals surface area contributed by atoms with Crippen molar-refractivity contribution in [1.82, 2.24) is 0 Å². The molecule has 1 unspecified atom stereocenters. The summed E-state index contributed by atoms with van der Waals surface area (Å²) in [5.41, 5.74) is 2.74. The first kappa shape index (κ1) is 20.0. The Hall–Kier alpha value is -2.30. The van der Waals surface area contributed by atoms with Gasteiger partial charge >= 0.3 is 5.97 Å². The highest BCUT2D eigenvalue weighted by Crippen LogP contribution is 2.58. The monoisotopic (exact) mass is 430 g/mol. The third-order valence-electron chi connectivity index (χ3n) is 5.85. The number of benzene rings is 2. The third kappa shape index (κ3) is 3.34. The topological polar surface area (TPSA) is 63.6 Å². The first-order valence-electron chi connectivity index (χ1n) is 9.62. The SMILES string of the molecule is CCCC12CCC(=O)C=C1c1c(cc(Oc3ccccc3C(=O)O)c(Cl)c1Cl)C2. The summed E-state index contributed by atoms with van der Waals surface area (Å²) < 4.78 is 5.89. The molecule has 0 aliphatic heterocycles. The van der Waals surface area contributed by atoms with Crippen molar-refractivity contribution >= 4 is 40.5 Å². The van der Waals surface area contributed by atoms with Crippen molar-refractivity contribution in [2.45, 2.75) is 39.0 Å². The summed E-state index contributed by atoms with van der Waals surface area (Å²) in [5.74, 6) is -0.449. The van der Waals surface area contributed by atoms with E-state index in [2.05, 4.69) is 6.92 Å². The van der Waals surface area contributed by atoms with Crippen molar-refractivity contribution in [3.05, 3.63) is 63.1 Å². The number of allylic oxidation sites excluding steroid dienone is 2. The number of carbonyl (C=O) groups excluding carboxylic acids is 1. The van der Waals surface area contributed by atoms with Crippen LogP contribution in [0.1, 0.15) is 54.1 Å². The molecule has 0 saturated carbocycles. The Morgan fingerprint density at radius 2 is 1.97 bits per heavy atom. The minimum absolute atomic E-state index is 0.0459. The van der Waals surface area contributed by atoms with Crippen LogP contribution in [-0.4, -0.2) is 16.9 Å². The van der Waals surface area contributed by atoms with Gasteiger partial charge in [0.05, 0.1) is 5.02 Å². The second-order valence-electron chi connectivity index (χ2n) is 7.67. The zero-order valence-electron chi connectivity index (χ0n) is 15.9. The summed E-state index contributed by atoms with van der Waals surface area (Å²) in [6.45, 7) is 2.14. The van der Waals surface area contributed by atoms with Gasteiger partial charge in [-0.1, -0.05) is 48.7 Å². The van der Waals surface area contributed by atoms with Gasteiger partial charge < -0.3 is 9.84 Å². The number of carboxylic acid groups (broad SMARTS) is 1. The van der Waals surface area contributed by atoms with Crippen LogP contribution in [0.3, 0.4) is 0 Å². The predicted molar refractivity (Wildman–Crippen MR) is 113 cm³/mol. The number of aromatic carboxylic acids is 1. The molecule has 1 N–H and O–H groups in total. The normalized spacial score (nSPS) is 20.1. The fraction of sp³-hybridized carbons (Fsp3) is 0.304. The Labute approximate surface area is 179 Å². The average Bonchev–Trinajstić information content (AvgIpc) is 3.00. The van der Waals surface area contributed by atoms with E-state index >= 15 is 0 Å². The molecular formula is C23H20Cl2O4. The molecule has 2 aliphatic carbocycles. The summed E-state index contributed by atoms with van der Waals surface area (Å²) in [7, 11) is 0. The van der Waals surface area contributed by atoms with Gasteiger partial charge in [-0.2, -0.15) is 0 Å². The molecule has 2 aromatic rings. The minimum Gasteiger partial charge on any atom is -0.478 e. The van der Waals surface area contributed by atoms with Crippen LogP contribution >= 0.6 is 23.2 Å². The van der Waals surface area contributed by atoms with Crippen molar-refractivity contribution < 1.29 is 19.4 Å². The highest BCUT2D eigenvalue weighted by Gasteiger charge is 2.45. The number of ether oxygens (including phenoxy) is 1. The molecule has 150 valence electrons. The molecular weight excluding hydrogens is 411 g/mol. The zero-order valence-corrected chi connectivity index (χ0v) is 17.4. The summed E-state index contributed by atoms with van der Waals surface area (Å²) in [6, 6.07) is 8.23. The van der Waals surface area contributed by atoms with Crippen LogP contribution in [-0.2, 0) is 11.2 Å². The molecule has 4 nitrogen and oxygen atoms in total.